The number of aromatic nitrogens is 2. The zero-order chi connectivity index (χ0) is 12.0. The maximum Gasteiger partial charge on any atom is 0.407 e. The van der Waals surface area contributed by atoms with E-state index < -0.39 is 6.09 Å². The van der Waals surface area contributed by atoms with Crippen molar-refractivity contribution in [2.45, 2.75) is 6.54 Å². The Labute approximate surface area is 102 Å². The van der Waals surface area contributed by atoms with Crippen LogP contribution in [-0.2, 0) is 11.3 Å². The van der Waals surface area contributed by atoms with Crippen molar-refractivity contribution in [3.8, 4) is 0 Å². The van der Waals surface area contributed by atoms with Gasteiger partial charge in [0.25, 0.3) is 0 Å². The second-order valence-electron chi connectivity index (χ2n) is 3.18. The van der Waals surface area contributed by atoms with Crippen LogP contribution >= 0.6 is 15.9 Å². The van der Waals surface area contributed by atoms with E-state index in [1.165, 1.54) is 4.90 Å². The van der Waals surface area contributed by atoms with Gasteiger partial charge in [-0.2, -0.15) is 5.10 Å². The molecule has 0 atom stereocenters. The number of carbonyl (C=O) groups is 1. The van der Waals surface area contributed by atoms with Crippen LogP contribution in [0.4, 0.5) is 4.79 Å². The lowest BCUT2D eigenvalue weighted by Gasteiger charge is -2.18. The summed E-state index contributed by atoms with van der Waals surface area (Å²) in [4.78, 5) is 12.2. The molecule has 6 nitrogen and oxygen atoms in total. The highest BCUT2D eigenvalue weighted by atomic mass is 79.9. The third-order valence-electron chi connectivity index (χ3n) is 2.04. The van der Waals surface area contributed by atoms with Crippen molar-refractivity contribution in [3.63, 3.8) is 0 Å². The van der Waals surface area contributed by atoms with E-state index >= 15 is 0 Å². The summed E-state index contributed by atoms with van der Waals surface area (Å²) in [7, 11) is 1.55. The monoisotopic (exact) mass is 291 g/mol. The zero-order valence-corrected chi connectivity index (χ0v) is 10.6. The van der Waals surface area contributed by atoms with Crippen molar-refractivity contribution in [2.24, 2.45) is 0 Å². The summed E-state index contributed by atoms with van der Waals surface area (Å²) in [6, 6.07) is 0. The molecule has 1 rings (SSSR count). The Balaban J connectivity index is 2.40. The Morgan fingerprint density at radius 3 is 2.94 bits per heavy atom. The lowest BCUT2D eigenvalue weighted by atomic mass is 10.5. The van der Waals surface area contributed by atoms with Gasteiger partial charge in [-0.05, 0) is 15.9 Å². The van der Waals surface area contributed by atoms with Crippen LogP contribution in [0, 0.1) is 0 Å². The van der Waals surface area contributed by atoms with Gasteiger partial charge in [-0.1, -0.05) is 0 Å². The summed E-state index contributed by atoms with van der Waals surface area (Å²) in [5, 5.41) is 13.0. The maximum atomic E-state index is 10.9. The van der Waals surface area contributed by atoms with Crippen LogP contribution in [-0.4, -0.2) is 52.7 Å². The molecule has 0 radical (unpaired) electrons. The van der Waals surface area contributed by atoms with Crippen LogP contribution < -0.4 is 0 Å². The summed E-state index contributed by atoms with van der Waals surface area (Å²) in [5.41, 5.74) is 0. The van der Waals surface area contributed by atoms with E-state index in [0.717, 1.165) is 4.47 Å². The molecular weight excluding hydrogens is 278 g/mol. The van der Waals surface area contributed by atoms with Gasteiger partial charge in [0.1, 0.15) is 0 Å². The highest BCUT2D eigenvalue weighted by molar-refractivity contribution is 9.10. The van der Waals surface area contributed by atoms with Gasteiger partial charge < -0.3 is 14.7 Å². The number of carboxylic acid groups (broad SMARTS) is 1. The molecule has 0 saturated heterocycles. The summed E-state index contributed by atoms with van der Waals surface area (Å²) in [6.45, 7) is 1.69. The van der Waals surface area contributed by atoms with Crippen LogP contribution in [0.15, 0.2) is 16.9 Å². The van der Waals surface area contributed by atoms with Crippen molar-refractivity contribution in [3.05, 3.63) is 16.9 Å². The quantitative estimate of drug-likeness (QED) is 0.857. The summed E-state index contributed by atoms with van der Waals surface area (Å²) in [5.74, 6) is 0. The highest BCUT2D eigenvalue weighted by Crippen LogP contribution is 2.06. The molecule has 0 spiro atoms. The van der Waals surface area contributed by atoms with Crippen LogP contribution in [0.25, 0.3) is 0 Å². The molecule has 90 valence electrons. The van der Waals surface area contributed by atoms with Crippen LogP contribution in [0.2, 0.25) is 0 Å². The molecule has 1 heterocycles. The minimum atomic E-state index is -0.941. The molecule has 7 heteroatoms. The number of nitrogens with zero attached hydrogens (tertiary/aromatic N) is 3. The van der Waals surface area contributed by atoms with Crippen molar-refractivity contribution in [2.75, 3.05) is 26.8 Å². The van der Waals surface area contributed by atoms with Crippen LogP contribution in [0.1, 0.15) is 0 Å². The third kappa shape index (κ3) is 4.19. The molecule has 1 amide bonds. The second-order valence-corrected chi connectivity index (χ2v) is 4.10. The fourth-order valence-electron chi connectivity index (χ4n) is 1.19. The first kappa shape index (κ1) is 13.0. The zero-order valence-electron chi connectivity index (χ0n) is 8.97. The summed E-state index contributed by atoms with van der Waals surface area (Å²) >= 11 is 3.28. The molecule has 0 aliphatic rings. The first-order valence-electron chi connectivity index (χ1n) is 4.78. The molecule has 0 unspecified atom stereocenters. The average Bonchev–Trinajstić information content (AvgIpc) is 2.64. The predicted octanol–water partition coefficient (Wildman–Crippen LogP) is 1.27. The van der Waals surface area contributed by atoms with Gasteiger partial charge in [0.15, 0.2) is 0 Å². The molecule has 0 saturated carbocycles. The average molecular weight is 292 g/mol. The number of ether oxygens (including phenoxy) is 1. The van der Waals surface area contributed by atoms with Gasteiger partial charge in [-0.3, -0.25) is 4.68 Å². The molecule has 1 N–H and O–H groups in total. The van der Waals surface area contributed by atoms with E-state index in [2.05, 4.69) is 21.0 Å². The minimum Gasteiger partial charge on any atom is -0.465 e. The molecule has 0 bridgehead atoms. The molecule has 0 fully saturated rings. The van der Waals surface area contributed by atoms with E-state index in [9.17, 15) is 4.79 Å². The molecule has 16 heavy (non-hydrogen) atoms. The largest absolute Gasteiger partial charge is 0.465 e. The Hall–Kier alpha value is -1.08. The number of halogens is 1. The van der Waals surface area contributed by atoms with Crippen molar-refractivity contribution < 1.29 is 14.6 Å². The van der Waals surface area contributed by atoms with Gasteiger partial charge in [-0.15, -0.1) is 0 Å². The Kier molecular flexibility index (Phi) is 5.27. The predicted molar refractivity (Wildman–Crippen MR) is 61.4 cm³/mol. The van der Waals surface area contributed by atoms with E-state index in [4.69, 9.17) is 9.84 Å². The van der Waals surface area contributed by atoms with Gasteiger partial charge >= 0.3 is 6.09 Å². The van der Waals surface area contributed by atoms with Crippen molar-refractivity contribution in [1.29, 1.82) is 0 Å². The third-order valence-corrected chi connectivity index (χ3v) is 2.45. The summed E-state index contributed by atoms with van der Waals surface area (Å²) < 4.78 is 7.41. The van der Waals surface area contributed by atoms with Gasteiger partial charge in [-0.25, -0.2) is 4.79 Å². The number of rotatable bonds is 6. The molecule has 1 aromatic heterocycles. The fraction of sp³-hybridized carbons (Fsp3) is 0.556. The molecule has 1 aromatic rings. The number of hydrogen-bond acceptors (Lipinski definition) is 3. The van der Waals surface area contributed by atoms with E-state index in [0.29, 0.717) is 26.2 Å². The highest BCUT2D eigenvalue weighted by Gasteiger charge is 2.10. The Morgan fingerprint density at radius 1 is 1.69 bits per heavy atom. The minimum absolute atomic E-state index is 0.369. The molecule has 0 aromatic carbocycles. The lowest BCUT2D eigenvalue weighted by molar-refractivity contribution is 0.116. The number of methoxy groups -OCH3 is 1. The van der Waals surface area contributed by atoms with E-state index in [1.54, 1.807) is 24.2 Å². The maximum absolute atomic E-state index is 10.9. The van der Waals surface area contributed by atoms with Crippen LogP contribution in [0.3, 0.4) is 0 Å². The first-order chi connectivity index (χ1) is 7.63. The molecular formula is C9H14BrN3O3. The Morgan fingerprint density at radius 2 is 2.44 bits per heavy atom. The SMILES string of the molecule is COCCN(CCn1cc(Br)cn1)C(=O)O. The number of hydrogen-bond donors (Lipinski definition) is 1. The standard InChI is InChI=1S/C9H14BrN3O3/c1-16-5-4-12(9(14)15)2-3-13-7-8(10)6-11-13/h6-7H,2-5H2,1H3,(H,14,15). The number of amides is 1. The van der Waals surface area contributed by atoms with Gasteiger partial charge in [0.2, 0.25) is 0 Å². The van der Waals surface area contributed by atoms with Crippen molar-refractivity contribution in [1.82, 2.24) is 14.7 Å². The fourth-order valence-corrected chi connectivity index (χ4v) is 1.52. The van der Waals surface area contributed by atoms with Crippen LogP contribution in [0.5, 0.6) is 0 Å². The first-order valence-corrected chi connectivity index (χ1v) is 5.57. The van der Waals surface area contributed by atoms with Gasteiger partial charge in [0, 0.05) is 26.4 Å². The van der Waals surface area contributed by atoms with Crippen molar-refractivity contribution >= 4 is 22.0 Å². The van der Waals surface area contributed by atoms with Gasteiger partial charge in [0.05, 0.1) is 23.8 Å². The topological polar surface area (TPSA) is 67.6 Å². The smallest absolute Gasteiger partial charge is 0.407 e. The second kappa shape index (κ2) is 6.49. The molecule has 0 aliphatic heterocycles. The lowest BCUT2D eigenvalue weighted by Crippen LogP contribution is -2.35. The van der Waals surface area contributed by atoms with E-state index in [-0.39, 0.29) is 0 Å². The normalized spacial score (nSPS) is 10.4. The summed E-state index contributed by atoms with van der Waals surface area (Å²) in [6.07, 6.45) is 2.53. The van der Waals surface area contributed by atoms with E-state index in [1.807, 2.05) is 0 Å². The molecule has 0 aliphatic carbocycles. The Bertz CT molecular complexity index is 342.